The van der Waals surface area contributed by atoms with E-state index < -0.39 is 0 Å². The molecular formula is C18H18N6O. The van der Waals surface area contributed by atoms with Gasteiger partial charge in [-0.25, -0.2) is 4.98 Å². The van der Waals surface area contributed by atoms with Crippen molar-refractivity contribution in [2.24, 2.45) is 0 Å². The molecule has 2 heterocycles. The van der Waals surface area contributed by atoms with Crippen molar-refractivity contribution in [2.45, 2.75) is 20.0 Å². The Bertz CT molecular complexity index is 1060. The number of aromatic nitrogens is 5. The summed E-state index contributed by atoms with van der Waals surface area (Å²) < 4.78 is 2.14. The number of para-hydroxylation sites is 2. The van der Waals surface area contributed by atoms with Gasteiger partial charge in [-0.2, -0.15) is 15.4 Å². The van der Waals surface area contributed by atoms with Gasteiger partial charge in [-0.05, 0) is 37.3 Å². The molecule has 2 aromatic heterocycles. The first-order valence-electron chi connectivity index (χ1n) is 8.17. The maximum absolute atomic E-state index is 12.8. The molecule has 0 radical (unpaired) electrons. The fraction of sp³-hybridized carbons (Fsp3) is 0.222. The zero-order chi connectivity index (χ0) is 17.4. The highest BCUT2D eigenvalue weighted by molar-refractivity contribution is 5.97. The van der Waals surface area contributed by atoms with Gasteiger partial charge < -0.3 is 9.47 Å². The zero-order valence-electron chi connectivity index (χ0n) is 14.1. The second kappa shape index (κ2) is 6.01. The molecule has 4 rings (SSSR count). The average Bonchev–Trinajstić information content (AvgIpc) is 3.23. The number of imidazole rings is 1. The van der Waals surface area contributed by atoms with E-state index in [-0.39, 0.29) is 5.91 Å². The average molecular weight is 334 g/mol. The Morgan fingerprint density at radius 3 is 2.76 bits per heavy atom. The lowest BCUT2D eigenvalue weighted by atomic mass is 10.2. The molecule has 7 heteroatoms. The van der Waals surface area contributed by atoms with Crippen molar-refractivity contribution >= 4 is 28.0 Å². The first-order chi connectivity index (χ1) is 12.2. The SMILES string of the molecule is CCn1c(CN(C)C(=O)c2ccc3n[nH]nc3c2)nc2ccccc21. The summed E-state index contributed by atoms with van der Waals surface area (Å²) in [4.78, 5) is 19.1. The Labute approximate surface area is 144 Å². The Hall–Kier alpha value is -3.22. The number of carbonyl (C=O) groups excluding carboxylic acids is 1. The minimum absolute atomic E-state index is 0.0698. The van der Waals surface area contributed by atoms with Gasteiger partial charge >= 0.3 is 0 Å². The molecule has 4 aromatic rings. The molecule has 7 nitrogen and oxygen atoms in total. The molecule has 0 atom stereocenters. The number of hydrogen-bond acceptors (Lipinski definition) is 4. The molecule has 0 saturated heterocycles. The second-order valence-electron chi connectivity index (χ2n) is 5.95. The summed E-state index contributed by atoms with van der Waals surface area (Å²) in [6.45, 7) is 3.33. The van der Waals surface area contributed by atoms with Gasteiger partial charge in [0.25, 0.3) is 5.91 Å². The molecule has 126 valence electrons. The second-order valence-corrected chi connectivity index (χ2v) is 5.95. The number of rotatable bonds is 4. The predicted molar refractivity (Wildman–Crippen MR) is 95.1 cm³/mol. The van der Waals surface area contributed by atoms with E-state index in [0.29, 0.717) is 17.6 Å². The number of nitrogens with one attached hydrogen (secondary N) is 1. The van der Waals surface area contributed by atoms with Gasteiger partial charge in [-0.3, -0.25) is 4.79 Å². The van der Waals surface area contributed by atoms with E-state index in [2.05, 4.69) is 38.0 Å². The highest BCUT2D eigenvalue weighted by Crippen LogP contribution is 2.18. The van der Waals surface area contributed by atoms with E-state index in [9.17, 15) is 4.79 Å². The van der Waals surface area contributed by atoms with Crippen LogP contribution in [0.4, 0.5) is 0 Å². The molecule has 0 bridgehead atoms. The topological polar surface area (TPSA) is 79.7 Å². The Balaban J connectivity index is 1.62. The molecule has 25 heavy (non-hydrogen) atoms. The van der Waals surface area contributed by atoms with Gasteiger partial charge in [0.05, 0.1) is 17.6 Å². The van der Waals surface area contributed by atoms with Gasteiger partial charge in [-0.1, -0.05) is 12.1 Å². The van der Waals surface area contributed by atoms with Crippen molar-refractivity contribution in [3.63, 3.8) is 0 Å². The smallest absolute Gasteiger partial charge is 0.254 e. The molecule has 0 aliphatic rings. The summed E-state index contributed by atoms with van der Waals surface area (Å²) in [5.41, 5.74) is 4.05. The van der Waals surface area contributed by atoms with Crippen molar-refractivity contribution in [1.82, 2.24) is 29.9 Å². The number of nitrogens with zero attached hydrogens (tertiary/aromatic N) is 5. The summed E-state index contributed by atoms with van der Waals surface area (Å²) in [6, 6.07) is 13.3. The third-order valence-corrected chi connectivity index (χ3v) is 4.34. The third-order valence-electron chi connectivity index (χ3n) is 4.34. The van der Waals surface area contributed by atoms with Crippen LogP contribution in [0.1, 0.15) is 23.1 Å². The monoisotopic (exact) mass is 334 g/mol. The number of fused-ring (bicyclic) bond motifs is 2. The first kappa shape index (κ1) is 15.3. The van der Waals surface area contributed by atoms with Crippen LogP contribution < -0.4 is 0 Å². The lowest BCUT2D eigenvalue weighted by Gasteiger charge is -2.17. The van der Waals surface area contributed by atoms with Crippen LogP contribution in [-0.4, -0.2) is 42.8 Å². The van der Waals surface area contributed by atoms with Gasteiger partial charge in [-0.15, -0.1) is 0 Å². The molecule has 1 N–H and O–H groups in total. The highest BCUT2D eigenvalue weighted by Gasteiger charge is 2.17. The maximum Gasteiger partial charge on any atom is 0.254 e. The normalized spacial score (nSPS) is 11.3. The van der Waals surface area contributed by atoms with Gasteiger partial charge in [0, 0.05) is 19.2 Å². The van der Waals surface area contributed by atoms with E-state index >= 15 is 0 Å². The number of amides is 1. The molecule has 0 aliphatic carbocycles. The lowest BCUT2D eigenvalue weighted by molar-refractivity contribution is 0.0780. The van der Waals surface area contributed by atoms with Crippen LogP contribution in [0.2, 0.25) is 0 Å². The van der Waals surface area contributed by atoms with Crippen LogP contribution in [0, 0.1) is 0 Å². The van der Waals surface area contributed by atoms with Crippen molar-refractivity contribution in [2.75, 3.05) is 7.05 Å². The fourth-order valence-corrected chi connectivity index (χ4v) is 3.08. The quantitative estimate of drug-likeness (QED) is 0.622. The van der Waals surface area contributed by atoms with E-state index in [4.69, 9.17) is 0 Å². The minimum atomic E-state index is -0.0698. The van der Waals surface area contributed by atoms with Crippen molar-refractivity contribution in [1.29, 1.82) is 0 Å². The standard InChI is InChI=1S/C18H18N6O/c1-3-24-16-7-5-4-6-14(16)19-17(24)11-23(2)18(25)12-8-9-13-15(10-12)21-22-20-13/h4-10H,3,11H2,1-2H3,(H,20,21,22). The van der Waals surface area contributed by atoms with Gasteiger partial charge in [0.15, 0.2) is 0 Å². The van der Waals surface area contributed by atoms with Crippen LogP contribution in [-0.2, 0) is 13.1 Å². The van der Waals surface area contributed by atoms with Crippen molar-refractivity contribution < 1.29 is 4.79 Å². The summed E-state index contributed by atoms with van der Waals surface area (Å²) in [6.07, 6.45) is 0. The number of aryl methyl sites for hydroxylation is 1. The summed E-state index contributed by atoms with van der Waals surface area (Å²) in [5.74, 6) is 0.807. The number of carbonyl (C=O) groups is 1. The molecule has 0 aliphatic heterocycles. The van der Waals surface area contributed by atoms with Gasteiger partial charge in [0.2, 0.25) is 0 Å². The van der Waals surface area contributed by atoms with Gasteiger partial charge in [0.1, 0.15) is 16.9 Å². The molecule has 0 saturated carbocycles. The Morgan fingerprint density at radius 1 is 1.12 bits per heavy atom. The Kier molecular flexibility index (Phi) is 3.68. The zero-order valence-corrected chi connectivity index (χ0v) is 14.1. The van der Waals surface area contributed by atoms with Crippen molar-refractivity contribution in [3.05, 3.63) is 53.9 Å². The number of hydrogen-bond donors (Lipinski definition) is 1. The van der Waals surface area contributed by atoms with Crippen LogP contribution in [0.5, 0.6) is 0 Å². The lowest BCUT2D eigenvalue weighted by Crippen LogP contribution is -2.27. The molecule has 0 spiro atoms. The predicted octanol–water partition coefficient (Wildman–Crippen LogP) is 2.60. The van der Waals surface area contributed by atoms with E-state index in [1.54, 1.807) is 30.1 Å². The number of benzene rings is 2. The molecule has 0 unspecified atom stereocenters. The Morgan fingerprint density at radius 2 is 1.92 bits per heavy atom. The van der Waals surface area contributed by atoms with Crippen LogP contribution in [0.25, 0.3) is 22.1 Å². The molecule has 0 fully saturated rings. The number of aromatic amines is 1. The maximum atomic E-state index is 12.8. The summed E-state index contributed by atoms with van der Waals surface area (Å²) >= 11 is 0. The number of H-pyrrole nitrogens is 1. The largest absolute Gasteiger partial charge is 0.334 e. The molecular weight excluding hydrogens is 316 g/mol. The molecule has 2 aromatic carbocycles. The van der Waals surface area contributed by atoms with E-state index in [1.165, 1.54) is 0 Å². The summed E-state index contributed by atoms with van der Waals surface area (Å²) in [7, 11) is 1.79. The van der Waals surface area contributed by atoms with E-state index in [1.807, 2.05) is 18.2 Å². The highest BCUT2D eigenvalue weighted by atomic mass is 16.2. The fourth-order valence-electron chi connectivity index (χ4n) is 3.08. The summed E-state index contributed by atoms with van der Waals surface area (Å²) in [5, 5.41) is 10.6. The minimum Gasteiger partial charge on any atom is -0.334 e. The first-order valence-corrected chi connectivity index (χ1v) is 8.17. The van der Waals surface area contributed by atoms with E-state index in [0.717, 1.165) is 28.9 Å². The van der Waals surface area contributed by atoms with Crippen LogP contribution in [0.3, 0.4) is 0 Å². The molecule has 1 amide bonds. The third kappa shape index (κ3) is 2.63. The van der Waals surface area contributed by atoms with Crippen LogP contribution in [0.15, 0.2) is 42.5 Å². The van der Waals surface area contributed by atoms with Crippen molar-refractivity contribution in [3.8, 4) is 0 Å². The van der Waals surface area contributed by atoms with Crippen LogP contribution >= 0.6 is 0 Å².